The Morgan fingerprint density at radius 2 is 1.70 bits per heavy atom. The molecule has 0 atom stereocenters. The van der Waals surface area contributed by atoms with Crippen molar-refractivity contribution in [1.29, 1.82) is 0 Å². The Balaban J connectivity index is 1.38. The molecule has 5 heteroatoms. The van der Waals surface area contributed by atoms with Gasteiger partial charge in [0.15, 0.2) is 0 Å². The molecule has 1 fully saturated rings. The van der Waals surface area contributed by atoms with Crippen molar-refractivity contribution in [2.24, 2.45) is 4.99 Å². The van der Waals surface area contributed by atoms with Crippen LogP contribution in [-0.4, -0.2) is 60.9 Å². The van der Waals surface area contributed by atoms with Crippen molar-refractivity contribution in [1.82, 2.24) is 9.80 Å². The number of carbonyl (C=O) groups is 1. The maximum atomic E-state index is 11.5. The summed E-state index contributed by atoms with van der Waals surface area (Å²) < 4.78 is 5.01. The first-order valence-electron chi connectivity index (χ1n) is 11.1. The highest BCUT2D eigenvalue weighted by molar-refractivity contribution is 6.02. The van der Waals surface area contributed by atoms with Crippen LogP contribution in [0.4, 0.5) is 5.69 Å². The lowest BCUT2D eigenvalue weighted by molar-refractivity contribution is -0.143. The SMILES string of the molecule is CCOC(=O)CCCCN1CCN(C2=Nc3ccccc3Cc3ccccc32)CC1. The molecular formula is C25H31N3O2. The number of ether oxygens (including phenoxy) is 1. The lowest BCUT2D eigenvalue weighted by Crippen LogP contribution is -2.49. The van der Waals surface area contributed by atoms with Gasteiger partial charge in [-0.15, -0.1) is 0 Å². The van der Waals surface area contributed by atoms with Crippen LogP contribution < -0.4 is 0 Å². The fourth-order valence-electron chi connectivity index (χ4n) is 4.30. The van der Waals surface area contributed by atoms with Crippen LogP contribution in [0.5, 0.6) is 0 Å². The average molecular weight is 406 g/mol. The number of hydrogen-bond acceptors (Lipinski definition) is 5. The smallest absolute Gasteiger partial charge is 0.305 e. The normalized spacial score (nSPS) is 16.3. The number of nitrogens with zero attached hydrogens (tertiary/aromatic N) is 3. The number of hydrogen-bond donors (Lipinski definition) is 0. The molecule has 1 saturated heterocycles. The van der Waals surface area contributed by atoms with Crippen LogP contribution in [-0.2, 0) is 16.0 Å². The predicted molar refractivity (Wildman–Crippen MR) is 120 cm³/mol. The second-order valence-electron chi connectivity index (χ2n) is 7.99. The molecule has 0 spiro atoms. The third-order valence-electron chi connectivity index (χ3n) is 5.94. The number of aliphatic imine (C=N–C) groups is 1. The Morgan fingerprint density at radius 3 is 2.50 bits per heavy atom. The summed E-state index contributed by atoms with van der Waals surface area (Å²) in [5.41, 5.74) is 4.99. The number of fused-ring (bicyclic) bond motifs is 2. The van der Waals surface area contributed by atoms with Crippen LogP contribution in [0.3, 0.4) is 0 Å². The summed E-state index contributed by atoms with van der Waals surface area (Å²) in [7, 11) is 0. The van der Waals surface area contributed by atoms with Crippen LogP contribution >= 0.6 is 0 Å². The van der Waals surface area contributed by atoms with Crippen LogP contribution in [0.25, 0.3) is 0 Å². The molecule has 0 amide bonds. The van der Waals surface area contributed by atoms with Gasteiger partial charge in [0.2, 0.25) is 0 Å². The van der Waals surface area contributed by atoms with E-state index in [0.29, 0.717) is 13.0 Å². The minimum absolute atomic E-state index is 0.0763. The number of esters is 1. The lowest BCUT2D eigenvalue weighted by Gasteiger charge is -2.36. The molecule has 0 bridgehead atoms. The second-order valence-corrected chi connectivity index (χ2v) is 7.99. The zero-order chi connectivity index (χ0) is 20.8. The third-order valence-corrected chi connectivity index (χ3v) is 5.94. The van der Waals surface area contributed by atoms with E-state index in [1.54, 1.807) is 0 Å². The van der Waals surface area contributed by atoms with E-state index < -0.39 is 0 Å². The van der Waals surface area contributed by atoms with Crippen molar-refractivity contribution in [3.63, 3.8) is 0 Å². The standard InChI is InChI=1S/C25H31N3O2/c1-2-30-24(29)13-7-8-14-27-15-17-28(18-16-27)25-22-11-5-3-9-20(22)19-21-10-4-6-12-23(21)26-25/h3-6,9-12H,2,7-8,13-19H2,1H3. The number of piperazine rings is 1. The zero-order valence-corrected chi connectivity index (χ0v) is 17.8. The first kappa shape index (κ1) is 20.6. The second kappa shape index (κ2) is 9.90. The maximum Gasteiger partial charge on any atom is 0.305 e. The monoisotopic (exact) mass is 405 g/mol. The predicted octanol–water partition coefficient (Wildman–Crippen LogP) is 4.02. The van der Waals surface area contributed by atoms with Crippen LogP contribution in [0.15, 0.2) is 53.5 Å². The van der Waals surface area contributed by atoms with Crippen molar-refractivity contribution in [2.45, 2.75) is 32.6 Å². The first-order valence-corrected chi connectivity index (χ1v) is 11.1. The molecule has 2 aromatic rings. The Labute approximate surface area is 179 Å². The molecule has 4 rings (SSSR count). The summed E-state index contributed by atoms with van der Waals surface area (Å²) in [5, 5.41) is 0. The Bertz CT molecular complexity index is 901. The van der Waals surface area contributed by atoms with E-state index in [0.717, 1.165) is 63.5 Å². The highest BCUT2D eigenvalue weighted by Gasteiger charge is 2.24. The Kier molecular flexibility index (Phi) is 6.80. The van der Waals surface area contributed by atoms with E-state index in [1.165, 1.54) is 16.7 Å². The zero-order valence-electron chi connectivity index (χ0n) is 17.8. The van der Waals surface area contributed by atoms with E-state index in [9.17, 15) is 4.79 Å². The number of unbranched alkanes of at least 4 members (excludes halogenated alkanes) is 1. The topological polar surface area (TPSA) is 45.1 Å². The fraction of sp³-hybridized carbons (Fsp3) is 0.440. The molecule has 0 N–H and O–H groups in total. The summed E-state index contributed by atoms with van der Waals surface area (Å²) in [4.78, 5) is 21.5. The van der Waals surface area contributed by atoms with Gasteiger partial charge in [-0.05, 0) is 43.5 Å². The van der Waals surface area contributed by atoms with E-state index in [2.05, 4.69) is 58.3 Å². The Morgan fingerprint density at radius 1 is 0.967 bits per heavy atom. The van der Waals surface area contributed by atoms with E-state index >= 15 is 0 Å². The van der Waals surface area contributed by atoms with Gasteiger partial charge in [-0.1, -0.05) is 42.5 Å². The van der Waals surface area contributed by atoms with Gasteiger partial charge in [0, 0.05) is 44.6 Å². The summed E-state index contributed by atoms with van der Waals surface area (Å²) in [6.07, 6.45) is 3.40. The molecule has 2 aliphatic rings. The lowest BCUT2D eigenvalue weighted by atomic mass is 9.99. The fourth-order valence-corrected chi connectivity index (χ4v) is 4.30. The van der Waals surface area contributed by atoms with Gasteiger partial charge in [-0.25, -0.2) is 4.99 Å². The number of carbonyl (C=O) groups excluding carboxylic acids is 1. The summed E-state index contributed by atoms with van der Waals surface area (Å²) >= 11 is 0. The number of benzene rings is 2. The van der Waals surface area contributed by atoms with Crippen molar-refractivity contribution in [3.05, 3.63) is 65.2 Å². The minimum atomic E-state index is -0.0763. The van der Waals surface area contributed by atoms with Gasteiger partial charge in [-0.3, -0.25) is 9.69 Å². The average Bonchev–Trinajstić information content (AvgIpc) is 2.94. The molecule has 30 heavy (non-hydrogen) atoms. The summed E-state index contributed by atoms with van der Waals surface area (Å²) in [6, 6.07) is 17.2. The van der Waals surface area contributed by atoms with Gasteiger partial charge in [0.05, 0.1) is 12.3 Å². The van der Waals surface area contributed by atoms with E-state index in [4.69, 9.17) is 9.73 Å². The molecule has 2 heterocycles. The van der Waals surface area contributed by atoms with Gasteiger partial charge < -0.3 is 9.64 Å². The minimum Gasteiger partial charge on any atom is -0.466 e. The molecule has 5 nitrogen and oxygen atoms in total. The maximum absolute atomic E-state index is 11.5. The highest BCUT2D eigenvalue weighted by atomic mass is 16.5. The van der Waals surface area contributed by atoms with Gasteiger partial charge in [-0.2, -0.15) is 0 Å². The molecule has 0 unspecified atom stereocenters. The molecule has 0 aliphatic carbocycles. The molecule has 0 radical (unpaired) electrons. The van der Waals surface area contributed by atoms with Crippen LogP contribution in [0, 0.1) is 0 Å². The van der Waals surface area contributed by atoms with Gasteiger partial charge in [0.1, 0.15) is 5.84 Å². The molecular weight excluding hydrogens is 374 g/mol. The summed E-state index contributed by atoms with van der Waals surface area (Å²) in [5.74, 6) is 1.03. The molecule has 2 aliphatic heterocycles. The third kappa shape index (κ3) is 4.90. The molecule has 0 saturated carbocycles. The van der Waals surface area contributed by atoms with Gasteiger partial charge >= 0.3 is 5.97 Å². The molecule has 158 valence electrons. The van der Waals surface area contributed by atoms with Crippen molar-refractivity contribution < 1.29 is 9.53 Å². The van der Waals surface area contributed by atoms with Crippen molar-refractivity contribution in [3.8, 4) is 0 Å². The quantitative estimate of drug-likeness (QED) is 0.538. The highest BCUT2D eigenvalue weighted by Crippen LogP contribution is 2.29. The van der Waals surface area contributed by atoms with E-state index in [1.807, 2.05) is 6.92 Å². The number of rotatable bonds is 6. The van der Waals surface area contributed by atoms with Crippen molar-refractivity contribution in [2.75, 3.05) is 39.3 Å². The van der Waals surface area contributed by atoms with E-state index in [-0.39, 0.29) is 5.97 Å². The number of amidine groups is 1. The van der Waals surface area contributed by atoms with Crippen LogP contribution in [0.1, 0.15) is 42.9 Å². The Hall–Kier alpha value is -2.66. The first-order chi connectivity index (χ1) is 14.7. The van der Waals surface area contributed by atoms with Crippen LogP contribution in [0.2, 0.25) is 0 Å². The largest absolute Gasteiger partial charge is 0.466 e. The summed E-state index contributed by atoms with van der Waals surface area (Å²) in [6.45, 7) is 7.38. The van der Waals surface area contributed by atoms with Crippen molar-refractivity contribution >= 4 is 17.5 Å². The molecule has 0 aromatic heterocycles. The molecule has 2 aromatic carbocycles. The number of para-hydroxylation sites is 1. The van der Waals surface area contributed by atoms with Gasteiger partial charge in [0.25, 0.3) is 0 Å².